The van der Waals surface area contributed by atoms with E-state index in [9.17, 15) is 4.79 Å². The number of aryl methyl sites for hydroxylation is 1. The highest BCUT2D eigenvalue weighted by Gasteiger charge is 2.28. The largest absolute Gasteiger partial charge is 0.369 e. The summed E-state index contributed by atoms with van der Waals surface area (Å²) in [6, 6.07) is 1.54. The third-order valence-electron chi connectivity index (χ3n) is 4.02. The maximum atomic E-state index is 11.5. The summed E-state index contributed by atoms with van der Waals surface area (Å²) in [6.07, 6.45) is 3.10. The first-order chi connectivity index (χ1) is 9.00. The fraction of sp³-hybridized carbons (Fsp3) is 0.714. The van der Waals surface area contributed by atoms with Crippen molar-refractivity contribution >= 4 is 5.82 Å². The van der Waals surface area contributed by atoms with Gasteiger partial charge >= 0.3 is 0 Å². The predicted molar refractivity (Wildman–Crippen MR) is 77.6 cm³/mol. The summed E-state index contributed by atoms with van der Waals surface area (Å²) < 4.78 is 0. The smallest absolute Gasteiger partial charge is 0.252 e. The van der Waals surface area contributed by atoms with Crippen LogP contribution < -0.4 is 10.9 Å². The highest BCUT2D eigenvalue weighted by molar-refractivity contribution is 5.33. The van der Waals surface area contributed by atoms with Crippen LogP contribution in [-0.4, -0.2) is 41.5 Å². The molecule has 1 aromatic rings. The number of likely N-dealkylation sites (tertiary alicyclic amines) is 1. The number of H-pyrrole nitrogens is 1. The molecular formula is C14H24N4O. The number of nitrogens with zero attached hydrogens (tertiary/aromatic N) is 2. The van der Waals surface area contributed by atoms with Crippen molar-refractivity contribution in [2.45, 2.75) is 33.1 Å². The van der Waals surface area contributed by atoms with Gasteiger partial charge in [-0.3, -0.25) is 4.79 Å². The second-order valence-corrected chi connectivity index (χ2v) is 5.90. The van der Waals surface area contributed by atoms with Gasteiger partial charge < -0.3 is 15.2 Å². The van der Waals surface area contributed by atoms with Crippen LogP contribution >= 0.6 is 0 Å². The summed E-state index contributed by atoms with van der Waals surface area (Å²) in [6.45, 7) is 7.45. The molecule has 1 saturated heterocycles. The van der Waals surface area contributed by atoms with Crippen LogP contribution in [0.2, 0.25) is 0 Å². The van der Waals surface area contributed by atoms with Gasteiger partial charge in [-0.1, -0.05) is 13.8 Å². The minimum atomic E-state index is -0.0807. The molecule has 1 aromatic heterocycles. The molecule has 5 heteroatoms. The first kappa shape index (κ1) is 14.1. The second-order valence-electron chi connectivity index (χ2n) is 5.90. The van der Waals surface area contributed by atoms with Crippen molar-refractivity contribution < 1.29 is 0 Å². The Morgan fingerprint density at radius 2 is 2.16 bits per heavy atom. The molecule has 0 bridgehead atoms. The number of aromatic nitrogens is 2. The van der Waals surface area contributed by atoms with E-state index in [1.54, 1.807) is 0 Å². The lowest BCUT2D eigenvalue weighted by molar-refractivity contribution is 0.150. The van der Waals surface area contributed by atoms with Crippen LogP contribution in [0, 0.1) is 5.41 Å². The van der Waals surface area contributed by atoms with E-state index < -0.39 is 0 Å². The Morgan fingerprint density at radius 3 is 2.79 bits per heavy atom. The van der Waals surface area contributed by atoms with Gasteiger partial charge in [0.25, 0.3) is 5.56 Å². The van der Waals surface area contributed by atoms with Gasteiger partial charge in [0, 0.05) is 19.0 Å². The number of piperidine rings is 1. The van der Waals surface area contributed by atoms with Crippen molar-refractivity contribution in [2.75, 3.05) is 32.0 Å². The zero-order valence-corrected chi connectivity index (χ0v) is 12.1. The summed E-state index contributed by atoms with van der Waals surface area (Å²) >= 11 is 0. The van der Waals surface area contributed by atoms with Gasteiger partial charge in [0.15, 0.2) is 0 Å². The topological polar surface area (TPSA) is 61.0 Å². The molecule has 0 atom stereocenters. The van der Waals surface area contributed by atoms with E-state index >= 15 is 0 Å². The molecule has 1 aliphatic heterocycles. The molecule has 0 amide bonds. The van der Waals surface area contributed by atoms with Crippen LogP contribution in [0.25, 0.3) is 0 Å². The van der Waals surface area contributed by atoms with Crippen LogP contribution in [0.4, 0.5) is 5.82 Å². The molecule has 5 nitrogen and oxygen atoms in total. The minimum Gasteiger partial charge on any atom is -0.369 e. The summed E-state index contributed by atoms with van der Waals surface area (Å²) in [5, 5.41) is 3.34. The highest BCUT2D eigenvalue weighted by Crippen LogP contribution is 2.30. The summed E-state index contributed by atoms with van der Waals surface area (Å²) in [4.78, 5) is 21.0. The van der Waals surface area contributed by atoms with Gasteiger partial charge in [0.05, 0.1) is 0 Å². The van der Waals surface area contributed by atoms with Crippen molar-refractivity contribution in [1.82, 2.24) is 14.9 Å². The maximum absolute atomic E-state index is 11.5. The number of hydrogen-bond donors (Lipinski definition) is 2. The molecule has 0 unspecified atom stereocenters. The van der Waals surface area contributed by atoms with E-state index in [2.05, 4.69) is 34.2 Å². The van der Waals surface area contributed by atoms with Gasteiger partial charge in [-0.15, -0.1) is 0 Å². The van der Waals surface area contributed by atoms with Crippen molar-refractivity contribution in [3.63, 3.8) is 0 Å². The molecule has 106 valence electrons. The lowest BCUT2D eigenvalue weighted by Crippen LogP contribution is -2.40. The zero-order valence-electron chi connectivity index (χ0n) is 12.1. The molecule has 1 fully saturated rings. The lowest BCUT2D eigenvalue weighted by atomic mass is 9.80. The predicted octanol–water partition coefficient (Wildman–Crippen LogP) is 1.48. The van der Waals surface area contributed by atoms with E-state index in [0.29, 0.717) is 11.2 Å². The molecule has 0 aliphatic carbocycles. The molecule has 0 spiro atoms. The molecule has 0 radical (unpaired) electrons. The Labute approximate surface area is 114 Å². The molecule has 2 rings (SSSR count). The standard InChI is InChI=1S/C14H24N4O/c1-4-11-16-12(9-13(19)17-11)15-10-14(2)5-7-18(3)8-6-14/h9H,4-8,10H2,1-3H3,(H2,15,16,17,19). The van der Waals surface area contributed by atoms with Crippen molar-refractivity contribution in [1.29, 1.82) is 0 Å². The monoisotopic (exact) mass is 264 g/mol. The zero-order chi connectivity index (χ0) is 13.9. The molecule has 0 aromatic carbocycles. The Kier molecular flexibility index (Phi) is 4.24. The number of aromatic amines is 1. The van der Waals surface area contributed by atoms with E-state index in [1.807, 2.05) is 6.92 Å². The summed E-state index contributed by atoms with van der Waals surface area (Å²) in [7, 11) is 2.17. The Morgan fingerprint density at radius 1 is 1.47 bits per heavy atom. The molecule has 0 saturated carbocycles. The average molecular weight is 264 g/mol. The van der Waals surface area contributed by atoms with Gasteiger partial charge in [-0.05, 0) is 38.4 Å². The van der Waals surface area contributed by atoms with Gasteiger partial charge in [-0.2, -0.15) is 0 Å². The molecule has 19 heavy (non-hydrogen) atoms. The molecule has 1 aliphatic rings. The van der Waals surface area contributed by atoms with E-state index in [-0.39, 0.29) is 5.56 Å². The van der Waals surface area contributed by atoms with Crippen molar-refractivity contribution in [3.05, 3.63) is 22.2 Å². The van der Waals surface area contributed by atoms with Gasteiger partial charge in [-0.25, -0.2) is 4.98 Å². The van der Waals surface area contributed by atoms with Crippen LogP contribution in [0.3, 0.4) is 0 Å². The Bertz CT molecular complexity index is 475. The van der Waals surface area contributed by atoms with E-state index in [4.69, 9.17) is 0 Å². The number of rotatable bonds is 4. The normalized spacial score (nSPS) is 19.3. The summed E-state index contributed by atoms with van der Waals surface area (Å²) in [5.74, 6) is 1.43. The summed E-state index contributed by atoms with van der Waals surface area (Å²) in [5.41, 5.74) is 0.214. The Balaban J connectivity index is 1.98. The van der Waals surface area contributed by atoms with Crippen LogP contribution in [0.1, 0.15) is 32.5 Å². The van der Waals surface area contributed by atoms with Crippen LogP contribution in [0.5, 0.6) is 0 Å². The first-order valence-corrected chi connectivity index (χ1v) is 7.03. The molecule has 2 heterocycles. The van der Waals surface area contributed by atoms with E-state index in [1.165, 1.54) is 18.9 Å². The SMILES string of the molecule is CCc1nc(NCC2(C)CCN(C)CC2)cc(=O)[nH]1. The number of anilines is 1. The number of nitrogens with one attached hydrogen (secondary N) is 2. The number of hydrogen-bond acceptors (Lipinski definition) is 4. The fourth-order valence-electron chi connectivity index (χ4n) is 2.41. The average Bonchev–Trinajstić information content (AvgIpc) is 2.40. The minimum absolute atomic E-state index is 0.0807. The van der Waals surface area contributed by atoms with Gasteiger partial charge in [0.2, 0.25) is 0 Å². The fourth-order valence-corrected chi connectivity index (χ4v) is 2.41. The third kappa shape index (κ3) is 3.80. The lowest BCUT2D eigenvalue weighted by Gasteiger charge is -2.38. The van der Waals surface area contributed by atoms with Gasteiger partial charge in [0.1, 0.15) is 11.6 Å². The van der Waals surface area contributed by atoms with Crippen molar-refractivity contribution in [2.24, 2.45) is 5.41 Å². The highest BCUT2D eigenvalue weighted by atomic mass is 16.1. The quantitative estimate of drug-likeness (QED) is 0.864. The second kappa shape index (κ2) is 5.74. The first-order valence-electron chi connectivity index (χ1n) is 7.03. The Hall–Kier alpha value is -1.36. The van der Waals surface area contributed by atoms with Crippen molar-refractivity contribution in [3.8, 4) is 0 Å². The molecule has 2 N–H and O–H groups in total. The van der Waals surface area contributed by atoms with Crippen LogP contribution in [0.15, 0.2) is 10.9 Å². The maximum Gasteiger partial charge on any atom is 0.252 e. The third-order valence-corrected chi connectivity index (χ3v) is 4.02. The van der Waals surface area contributed by atoms with Crippen LogP contribution in [-0.2, 0) is 6.42 Å². The van der Waals surface area contributed by atoms with E-state index in [0.717, 1.165) is 31.9 Å². The molecular weight excluding hydrogens is 240 g/mol.